The summed E-state index contributed by atoms with van der Waals surface area (Å²) in [7, 11) is 0. The molecule has 0 aromatic rings. The van der Waals surface area contributed by atoms with Crippen molar-refractivity contribution in [1.29, 1.82) is 0 Å². The summed E-state index contributed by atoms with van der Waals surface area (Å²) in [6, 6.07) is -0.648. The number of carbonyl (C=O) groups excluding carboxylic acids is 1. The molecule has 68 valence electrons. The maximum Gasteiger partial charge on any atom is 0.337 e. The first-order valence-electron chi connectivity index (χ1n) is 3.27. The van der Waals surface area contributed by atoms with Gasteiger partial charge in [0.2, 0.25) is 0 Å². The molecule has 0 saturated heterocycles. The molecule has 0 aliphatic carbocycles. The van der Waals surface area contributed by atoms with Gasteiger partial charge in [-0.05, 0) is 6.92 Å². The number of hydrogen-bond acceptors (Lipinski definition) is 4. The molecule has 1 aliphatic heterocycles. The predicted octanol–water partition coefficient (Wildman–Crippen LogP) is 1.11. The van der Waals surface area contributed by atoms with Crippen LogP contribution in [0, 0.1) is 0 Å². The SMILES string of the molecule is CC1OC=NC1C(=O)OC(Cl)Cl. The van der Waals surface area contributed by atoms with Crippen molar-refractivity contribution in [3.63, 3.8) is 0 Å². The Kier molecular flexibility index (Phi) is 3.17. The fourth-order valence-electron chi connectivity index (χ4n) is 0.802. The van der Waals surface area contributed by atoms with Crippen LogP contribution in [0.15, 0.2) is 4.99 Å². The number of hydrogen-bond donors (Lipinski definition) is 0. The third-order valence-electron chi connectivity index (χ3n) is 1.39. The molecule has 0 aromatic carbocycles. The number of carbonyl (C=O) groups is 1. The molecule has 0 radical (unpaired) electrons. The topological polar surface area (TPSA) is 47.9 Å². The maximum absolute atomic E-state index is 11.1. The van der Waals surface area contributed by atoms with E-state index in [1.54, 1.807) is 6.92 Å². The minimum Gasteiger partial charge on any atom is -0.478 e. The number of rotatable bonds is 2. The molecule has 1 rings (SSSR count). The van der Waals surface area contributed by atoms with Crippen molar-refractivity contribution in [1.82, 2.24) is 0 Å². The standard InChI is InChI=1S/C6H7Cl2NO3/c1-3-4(9-2-11-3)5(10)12-6(7)8/h2-4,6H,1H3. The van der Waals surface area contributed by atoms with Crippen LogP contribution >= 0.6 is 23.2 Å². The average molecular weight is 212 g/mol. The highest BCUT2D eigenvalue weighted by atomic mass is 35.5. The monoisotopic (exact) mass is 211 g/mol. The summed E-state index contributed by atoms with van der Waals surface area (Å²) < 4.78 is 9.39. The molecular formula is C6H7Cl2NO3. The van der Waals surface area contributed by atoms with Crippen molar-refractivity contribution < 1.29 is 14.3 Å². The predicted molar refractivity (Wildman–Crippen MR) is 44.4 cm³/mol. The van der Waals surface area contributed by atoms with Gasteiger partial charge in [-0.15, -0.1) is 0 Å². The zero-order valence-electron chi connectivity index (χ0n) is 6.24. The number of ether oxygens (including phenoxy) is 2. The van der Waals surface area contributed by atoms with Crippen LogP contribution in [0.5, 0.6) is 0 Å². The molecule has 6 heteroatoms. The van der Waals surface area contributed by atoms with Crippen molar-refractivity contribution >= 4 is 35.6 Å². The number of halogens is 2. The van der Waals surface area contributed by atoms with Gasteiger partial charge in [-0.2, -0.15) is 0 Å². The molecule has 0 aromatic heterocycles. The van der Waals surface area contributed by atoms with Gasteiger partial charge in [0, 0.05) is 0 Å². The van der Waals surface area contributed by atoms with Crippen molar-refractivity contribution in [2.45, 2.75) is 24.1 Å². The Bertz CT molecular complexity index is 207. The summed E-state index contributed by atoms with van der Waals surface area (Å²) in [6.07, 6.45) is 0.901. The first-order valence-corrected chi connectivity index (χ1v) is 4.14. The fourth-order valence-corrected chi connectivity index (χ4v) is 0.978. The van der Waals surface area contributed by atoms with Gasteiger partial charge in [0.15, 0.2) is 12.4 Å². The molecule has 12 heavy (non-hydrogen) atoms. The van der Waals surface area contributed by atoms with E-state index in [0.717, 1.165) is 0 Å². The van der Waals surface area contributed by atoms with E-state index < -0.39 is 17.0 Å². The molecule has 1 aliphatic rings. The van der Waals surface area contributed by atoms with E-state index in [4.69, 9.17) is 27.9 Å². The van der Waals surface area contributed by atoms with Crippen molar-refractivity contribution in [2.75, 3.05) is 0 Å². The minimum absolute atomic E-state index is 0.315. The molecule has 0 spiro atoms. The molecule has 2 unspecified atom stereocenters. The second kappa shape index (κ2) is 3.96. The lowest BCUT2D eigenvalue weighted by molar-refractivity contribution is -0.145. The molecule has 0 amide bonds. The number of nitrogens with zero attached hydrogens (tertiary/aromatic N) is 1. The van der Waals surface area contributed by atoms with E-state index in [1.807, 2.05) is 0 Å². The Hall–Kier alpha value is -0.480. The summed E-state index contributed by atoms with van der Waals surface area (Å²) in [5.41, 5.74) is 0. The Morgan fingerprint density at radius 3 is 2.83 bits per heavy atom. The lowest BCUT2D eigenvalue weighted by Crippen LogP contribution is -2.30. The quantitative estimate of drug-likeness (QED) is 0.508. The second-order valence-corrected chi connectivity index (χ2v) is 3.25. The van der Waals surface area contributed by atoms with E-state index in [2.05, 4.69) is 9.73 Å². The van der Waals surface area contributed by atoms with Crippen LogP contribution in [0.4, 0.5) is 0 Å². The second-order valence-electron chi connectivity index (χ2n) is 2.24. The van der Waals surface area contributed by atoms with Gasteiger partial charge in [-0.25, -0.2) is 9.79 Å². The molecule has 1 heterocycles. The van der Waals surface area contributed by atoms with Gasteiger partial charge in [-0.3, -0.25) is 0 Å². The van der Waals surface area contributed by atoms with Gasteiger partial charge >= 0.3 is 5.97 Å². The number of aliphatic imine (C=N–C) groups is 1. The summed E-state index contributed by atoms with van der Waals surface area (Å²) in [6.45, 7) is 1.70. The molecule has 4 nitrogen and oxygen atoms in total. The van der Waals surface area contributed by atoms with Gasteiger partial charge in [0.1, 0.15) is 6.10 Å². The van der Waals surface area contributed by atoms with Crippen LogP contribution in [0.25, 0.3) is 0 Å². The van der Waals surface area contributed by atoms with Crippen LogP contribution < -0.4 is 0 Å². The highest BCUT2D eigenvalue weighted by Gasteiger charge is 2.31. The Morgan fingerprint density at radius 1 is 1.75 bits per heavy atom. The zero-order chi connectivity index (χ0) is 9.14. The molecular weight excluding hydrogens is 205 g/mol. The van der Waals surface area contributed by atoms with Crippen molar-refractivity contribution in [3.05, 3.63) is 0 Å². The Labute approximate surface area is 79.4 Å². The van der Waals surface area contributed by atoms with Crippen LogP contribution in [0.3, 0.4) is 0 Å². The largest absolute Gasteiger partial charge is 0.478 e. The first-order chi connectivity index (χ1) is 5.61. The summed E-state index contributed by atoms with van der Waals surface area (Å²) in [4.78, 5) is 14.8. The normalized spacial score (nSPS) is 27.3. The van der Waals surface area contributed by atoms with E-state index in [1.165, 1.54) is 6.40 Å². The van der Waals surface area contributed by atoms with Crippen LogP contribution in [-0.4, -0.2) is 29.5 Å². The maximum atomic E-state index is 11.1. The highest BCUT2D eigenvalue weighted by molar-refractivity contribution is 6.43. The summed E-state index contributed by atoms with van der Waals surface area (Å²) in [5.74, 6) is -0.578. The molecule has 0 bridgehead atoms. The molecule has 0 N–H and O–H groups in total. The highest BCUT2D eigenvalue weighted by Crippen LogP contribution is 2.13. The summed E-state index contributed by atoms with van der Waals surface area (Å²) in [5, 5.41) is -1.15. The first kappa shape index (κ1) is 9.61. The van der Waals surface area contributed by atoms with Gasteiger partial charge < -0.3 is 9.47 Å². The van der Waals surface area contributed by atoms with Crippen LogP contribution in [0.2, 0.25) is 0 Å². The molecule has 2 atom stereocenters. The van der Waals surface area contributed by atoms with Gasteiger partial charge in [0.05, 0.1) is 0 Å². The third-order valence-corrected chi connectivity index (χ3v) is 1.57. The Morgan fingerprint density at radius 2 is 2.42 bits per heavy atom. The number of esters is 1. The van der Waals surface area contributed by atoms with E-state index in [9.17, 15) is 4.79 Å². The van der Waals surface area contributed by atoms with Crippen LogP contribution in [0.1, 0.15) is 6.92 Å². The minimum atomic E-state index is -1.15. The third kappa shape index (κ3) is 2.25. The van der Waals surface area contributed by atoms with Crippen LogP contribution in [-0.2, 0) is 14.3 Å². The van der Waals surface area contributed by atoms with E-state index >= 15 is 0 Å². The lowest BCUT2D eigenvalue weighted by Gasteiger charge is -2.11. The smallest absolute Gasteiger partial charge is 0.337 e. The fraction of sp³-hybridized carbons (Fsp3) is 0.667. The summed E-state index contributed by atoms with van der Waals surface area (Å²) >= 11 is 10.5. The zero-order valence-corrected chi connectivity index (χ0v) is 7.75. The molecule has 0 saturated carbocycles. The van der Waals surface area contributed by atoms with Crippen molar-refractivity contribution in [2.24, 2.45) is 4.99 Å². The number of alkyl halides is 2. The average Bonchev–Trinajstić information content (AvgIpc) is 2.33. The molecule has 0 fully saturated rings. The van der Waals surface area contributed by atoms with E-state index in [0.29, 0.717) is 0 Å². The van der Waals surface area contributed by atoms with E-state index in [-0.39, 0.29) is 6.10 Å². The Balaban J connectivity index is 2.47. The van der Waals surface area contributed by atoms with Crippen molar-refractivity contribution in [3.8, 4) is 0 Å². The van der Waals surface area contributed by atoms with Gasteiger partial charge in [0.25, 0.3) is 5.02 Å². The lowest BCUT2D eigenvalue weighted by atomic mass is 10.2. The van der Waals surface area contributed by atoms with Gasteiger partial charge in [-0.1, -0.05) is 23.2 Å².